The highest BCUT2D eigenvalue weighted by Gasteiger charge is 2.30. The highest BCUT2D eigenvalue weighted by molar-refractivity contribution is 6.01. The van der Waals surface area contributed by atoms with Crippen LogP contribution in [-0.2, 0) is 17.7 Å². The first-order valence-corrected chi connectivity index (χ1v) is 11.7. The van der Waals surface area contributed by atoms with Crippen molar-refractivity contribution < 1.29 is 9.53 Å². The number of hydrogen-bond acceptors (Lipinski definition) is 5. The minimum atomic E-state index is 0.180. The van der Waals surface area contributed by atoms with Gasteiger partial charge in [0.15, 0.2) is 0 Å². The highest BCUT2D eigenvalue weighted by atomic mass is 16.5. The van der Waals surface area contributed by atoms with E-state index in [4.69, 9.17) is 4.74 Å². The standard InChI is InChI=1S/C25H32N4O2/c30-25-23-9-1-6-21-7-3-11-28(24(21)23)14-15-29(25)13-12-27(19-22-8-4-16-31-22)18-20-5-2-10-26-17-20/h1-2,5-6,9-10,17,22H,3-4,7-8,11-16,18-19H2. The summed E-state index contributed by atoms with van der Waals surface area (Å²) in [6.45, 7) is 6.95. The third-order valence-corrected chi connectivity index (χ3v) is 6.77. The Morgan fingerprint density at radius 3 is 2.94 bits per heavy atom. The number of hydrogen-bond donors (Lipinski definition) is 0. The van der Waals surface area contributed by atoms with Crippen LogP contribution in [-0.4, -0.2) is 72.7 Å². The van der Waals surface area contributed by atoms with E-state index in [-0.39, 0.29) is 5.91 Å². The van der Waals surface area contributed by atoms with Crippen LogP contribution in [0.25, 0.3) is 0 Å². The van der Waals surface area contributed by atoms with Gasteiger partial charge in [0.25, 0.3) is 5.91 Å². The molecule has 0 spiro atoms. The maximum atomic E-state index is 13.4. The number of amides is 1. The summed E-state index contributed by atoms with van der Waals surface area (Å²) < 4.78 is 5.90. The number of carbonyl (C=O) groups excluding carboxylic acids is 1. The van der Waals surface area contributed by atoms with Crippen LogP contribution in [0, 0.1) is 0 Å². The third kappa shape index (κ3) is 4.60. The molecule has 4 heterocycles. The topological polar surface area (TPSA) is 48.9 Å². The molecular weight excluding hydrogens is 388 g/mol. The van der Waals surface area contributed by atoms with Crippen LogP contribution in [0.5, 0.6) is 0 Å². The van der Waals surface area contributed by atoms with Crippen molar-refractivity contribution in [2.45, 2.75) is 38.3 Å². The Kier molecular flexibility index (Phi) is 6.18. The number of nitrogens with zero attached hydrogens (tertiary/aromatic N) is 4. The zero-order valence-electron chi connectivity index (χ0n) is 18.2. The summed E-state index contributed by atoms with van der Waals surface area (Å²) in [5.41, 5.74) is 4.60. The van der Waals surface area contributed by atoms with Crippen LogP contribution < -0.4 is 4.90 Å². The fraction of sp³-hybridized carbons (Fsp3) is 0.520. The molecule has 1 aromatic heterocycles. The van der Waals surface area contributed by atoms with E-state index in [2.05, 4.69) is 31.8 Å². The Labute approximate surface area is 184 Å². The van der Waals surface area contributed by atoms with Crippen molar-refractivity contribution in [2.24, 2.45) is 0 Å². The van der Waals surface area contributed by atoms with Crippen molar-refractivity contribution >= 4 is 11.6 Å². The van der Waals surface area contributed by atoms with E-state index in [9.17, 15) is 4.79 Å². The summed E-state index contributed by atoms with van der Waals surface area (Å²) in [5.74, 6) is 0.180. The molecule has 164 valence electrons. The molecule has 0 bridgehead atoms. The van der Waals surface area contributed by atoms with Crippen LogP contribution >= 0.6 is 0 Å². The van der Waals surface area contributed by atoms with Gasteiger partial charge in [-0.1, -0.05) is 18.2 Å². The van der Waals surface area contributed by atoms with E-state index in [0.29, 0.717) is 6.10 Å². The molecule has 1 amide bonds. The van der Waals surface area contributed by atoms with Crippen molar-refractivity contribution in [1.82, 2.24) is 14.8 Å². The molecule has 1 saturated heterocycles. The Balaban J connectivity index is 1.29. The molecule has 31 heavy (non-hydrogen) atoms. The van der Waals surface area contributed by atoms with E-state index in [0.717, 1.165) is 77.2 Å². The van der Waals surface area contributed by atoms with Crippen LogP contribution in [0.4, 0.5) is 5.69 Å². The fourth-order valence-corrected chi connectivity index (χ4v) is 5.18. The lowest BCUT2D eigenvalue weighted by atomic mass is 9.97. The van der Waals surface area contributed by atoms with Gasteiger partial charge in [0.05, 0.1) is 17.4 Å². The van der Waals surface area contributed by atoms with Crippen LogP contribution in [0.1, 0.15) is 40.7 Å². The van der Waals surface area contributed by atoms with Crippen LogP contribution in [0.2, 0.25) is 0 Å². The average Bonchev–Trinajstić information content (AvgIpc) is 3.27. The number of ether oxygens (including phenoxy) is 1. The number of aromatic nitrogens is 1. The number of benzene rings is 1. The average molecular weight is 421 g/mol. The zero-order chi connectivity index (χ0) is 21.0. The second-order valence-electron chi connectivity index (χ2n) is 8.93. The predicted molar refractivity (Wildman–Crippen MR) is 121 cm³/mol. The molecule has 3 aliphatic heterocycles. The minimum Gasteiger partial charge on any atom is -0.377 e. The smallest absolute Gasteiger partial charge is 0.256 e. The summed E-state index contributed by atoms with van der Waals surface area (Å²) in [4.78, 5) is 24.6. The summed E-state index contributed by atoms with van der Waals surface area (Å²) in [5, 5.41) is 0. The molecule has 1 unspecified atom stereocenters. The van der Waals surface area contributed by atoms with Gasteiger partial charge in [0, 0.05) is 64.8 Å². The first kappa shape index (κ1) is 20.5. The molecule has 1 fully saturated rings. The Morgan fingerprint density at radius 2 is 2.10 bits per heavy atom. The normalized spacial score (nSPS) is 20.8. The largest absolute Gasteiger partial charge is 0.377 e. The van der Waals surface area contributed by atoms with E-state index >= 15 is 0 Å². The molecule has 0 N–H and O–H groups in total. The summed E-state index contributed by atoms with van der Waals surface area (Å²) in [6, 6.07) is 10.4. The van der Waals surface area contributed by atoms with Gasteiger partial charge in [0.2, 0.25) is 0 Å². The van der Waals surface area contributed by atoms with Crippen molar-refractivity contribution in [3.63, 3.8) is 0 Å². The molecule has 6 nitrogen and oxygen atoms in total. The van der Waals surface area contributed by atoms with Gasteiger partial charge < -0.3 is 14.5 Å². The van der Waals surface area contributed by atoms with E-state index in [1.165, 1.54) is 23.2 Å². The second kappa shape index (κ2) is 9.37. The molecule has 6 heteroatoms. The van der Waals surface area contributed by atoms with Gasteiger partial charge in [-0.3, -0.25) is 14.7 Å². The molecular formula is C25H32N4O2. The van der Waals surface area contributed by atoms with Gasteiger partial charge >= 0.3 is 0 Å². The number of pyridine rings is 1. The SMILES string of the molecule is O=C1c2cccc3c2N(CCC3)CCN1CCN(Cc1cccnc1)CC1CCCO1. The van der Waals surface area contributed by atoms with Gasteiger partial charge in [-0.15, -0.1) is 0 Å². The minimum absolute atomic E-state index is 0.180. The van der Waals surface area contributed by atoms with Crippen LogP contribution in [0.15, 0.2) is 42.7 Å². The second-order valence-corrected chi connectivity index (χ2v) is 8.93. The number of carbonyl (C=O) groups is 1. The Morgan fingerprint density at radius 1 is 1.13 bits per heavy atom. The highest BCUT2D eigenvalue weighted by Crippen LogP contribution is 2.33. The summed E-state index contributed by atoms with van der Waals surface area (Å²) >= 11 is 0. The lowest BCUT2D eigenvalue weighted by Gasteiger charge is -2.31. The lowest BCUT2D eigenvalue weighted by molar-refractivity contribution is 0.0608. The molecule has 1 aromatic carbocycles. The van der Waals surface area contributed by atoms with Gasteiger partial charge in [-0.05, 0) is 48.9 Å². The maximum Gasteiger partial charge on any atom is 0.256 e. The molecule has 1 atom stereocenters. The van der Waals surface area contributed by atoms with Crippen molar-refractivity contribution in [1.29, 1.82) is 0 Å². The van der Waals surface area contributed by atoms with Gasteiger partial charge in [0.1, 0.15) is 0 Å². The predicted octanol–water partition coefficient (Wildman–Crippen LogP) is 2.97. The van der Waals surface area contributed by atoms with E-state index in [1.807, 2.05) is 30.6 Å². The summed E-state index contributed by atoms with van der Waals surface area (Å²) in [6.07, 6.45) is 8.56. The third-order valence-electron chi connectivity index (χ3n) is 6.77. The lowest BCUT2D eigenvalue weighted by Crippen LogP contribution is -2.42. The number of anilines is 1. The van der Waals surface area contributed by atoms with Crippen LogP contribution in [0.3, 0.4) is 0 Å². The quantitative estimate of drug-likeness (QED) is 0.689. The Bertz CT molecular complexity index is 898. The maximum absolute atomic E-state index is 13.4. The first-order chi connectivity index (χ1) is 15.3. The summed E-state index contributed by atoms with van der Waals surface area (Å²) in [7, 11) is 0. The van der Waals surface area contributed by atoms with Crippen molar-refractivity contribution in [3.05, 3.63) is 59.4 Å². The first-order valence-electron chi connectivity index (χ1n) is 11.7. The monoisotopic (exact) mass is 420 g/mol. The molecule has 3 aliphatic rings. The molecule has 2 aromatic rings. The molecule has 5 rings (SSSR count). The number of rotatable bonds is 7. The van der Waals surface area contributed by atoms with E-state index in [1.54, 1.807) is 0 Å². The molecule has 0 radical (unpaired) electrons. The molecule has 0 saturated carbocycles. The number of aryl methyl sites for hydroxylation is 1. The number of para-hydroxylation sites is 1. The Hall–Kier alpha value is -2.44. The van der Waals surface area contributed by atoms with Gasteiger partial charge in [-0.2, -0.15) is 0 Å². The van der Waals surface area contributed by atoms with Crippen molar-refractivity contribution in [2.75, 3.05) is 50.8 Å². The molecule has 0 aliphatic carbocycles. The van der Waals surface area contributed by atoms with Gasteiger partial charge in [-0.25, -0.2) is 0 Å². The zero-order valence-corrected chi connectivity index (χ0v) is 18.2. The fourth-order valence-electron chi connectivity index (χ4n) is 5.18. The van der Waals surface area contributed by atoms with E-state index < -0.39 is 0 Å². The van der Waals surface area contributed by atoms with Crippen molar-refractivity contribution in [3.8, 4) is 0 Å².